The summed E-state index contributed by atoms with van der Waals surface area (Å²) in [6.45, 7) is 0.907. The lowest BCUT2D eigenvalue weighted by Crippen LogP contribution is -2.57. The van der Waals surface area contributed by atoms with Gasteiger partial charge in [0.1, 0.15) is 18.1 Å². The van der Waals surface area contributed by atoms with Crippen molar-refractivity contribution in [1.29, 1.82) is 0 Å². The van der Waals surface area contributed by atoms with Gasteiger partial charge in [0.05, 0.1) is 12.4 Å². The average Bonchev–Trinajstić information content (AvgIpc) is 3.73. The van der Waals surface area contributed by atoms with Gasteiger partial charge in [0, 0.05) is 48.4 Å². The maximum Gasteiger partial charge on any atom is 0.326 e. The van der Waals surface area contributed by atoms with E-state index in [1.54, 1.807) is 6.20 Å². The highest BCUT2D eigenvalue weighted by molar-refractivity contribution is 5.94. The summed E-state index contributed by atoms with van der Waals surface area (Å²) in [4.78, 5) is 63.5. The number of carbonyl (C=O) groups is 4. The van der Waals surface area contributed by atoms with Crippen molar-refractivity contribution < 1.29 is 24.3 Å². The van der Waals surface area contributed by atoms with Crippen LogP contribution in [0.25, 0.3) is 10.9 Å². The molecule has 0 spiro atoms. The molecule has 4 unspecified atom stereocenters. The second kappa shape index (κ2) is 13.9. The number of carboxylic acid groups (broad SMARTS) is 1. The average molecular weight is 567 g/mol. The maximum atomic E-state index is 13.5. The monoisotopic (exact) mass is 566 g/mol. The lowest BCUT2D eigenvalue weighted by molar-refractivity contribution is -0.143. The Morgan fingerprint density at radius 1 is 1.10 bits per heavy atom. The Hall–Kier alpha value is -4.23. The highest BCUT2D eigenvalue weighted by atomic mass is 16.4. The van der Waals surface area contributed by atoms with Gasteiger partial charge in [-0.25, -0.2) is 9.78 Å². The summed E-state index contributed by atoms with van der Waals surface area (Å²) in [5.74, 6) is -2.66. The summed E-state index contributed by atoms with van der Waals surface area (Å²) in [5.41, 5.74) is 13.8. The molecular weight excluding hydrogens is 528 g/mol. The zero-order valence-corrected chi connectivity index (χ0v) is 22.8. The second-order valence-electron chi connectivity index (χ2n) is 10.4. The number of amides is 3. The number of imidazole rings is 1. The third-order valence-corrected chi connectivity index (χ3v) is 7.45. The molecule has 3 aromatic rings. The zero-order chi connectivity index (χ0) is 29.4. The van der Waals surface area contributed by atoms with Gasteiger partial charge >= 0.3 is 5.97 Å². The Labute approximate surface area is 237 Å². The zero-order valence-electron chi connectivity index (χ0n) is 22.8. The molecule has 0 saturated carbocycles. The molecule has 0 radical (unpaired) electrons. The number of benzene rings is 1. The van der Waals surface area contributed by atoms with Crippen molar-refractivity contribution in [2.24, 2.45) is 11.5 Å². The van der Waals surface area contributed by atoms with Crippen molar-refractivity contribution in [3.8, 4) is 0 Å². The number of carboxylic acids is 1. The summed E-state index contributed by atoms with van der Waals surface area (Å²) in [7, 11) is 0. The number of nitrogens with one attached hydrogen (secondary N) is 4. The minimum atomic E-state index is -1.24. The molecule has 4 rings (SSSR count). The predicted octanol–water partition coefficient (Wildman–Crippen LogP) is 0.178. The van der Waals surface area contributed by atoms with Crippen LogP contribution in [0.2, 0.25) is 0 Å². The predicted molar refractivity (Wildman–Crippen MR) is 151 cm³/mol. The van der Waals surface area contributed by atoms with Crippen molar-refractivity contribution in [3.05, 3.63) is 54.2 Å². The number of para-hydroxylation sites is 1. The SMILES string of the molecule is NCCCCC(N)C(=O)N1CCCC1C(=O)NC(Cc1cnc[nH]1)C(=O)NC(Cc1c[nH]c2ccccc12)C(=O)O. The van der Waals surface area contributed by atoms with Crippen LogP contribution in [-0.2, 0) is 32.0 Å². The molecule has 3 amide bonds. The molecule has 2 aromatic heterocycles. The first-order valence-electron chi connectivity index (χ1n) is 13.9. The maximum absolute atomic E-state index is 13.5. The first kappa shape index (κ1) is 29.7. The summed E-state index contributed by atoms with van der Waals surface area (Å²) < 4.78 is 0. The fraction of sp³-hybridized carbons (Fsp3) is 0.464. The second-order valence-corrected chi connectivity index (χ2v) is 10.4. The smallest absolute Gasteiger partial charge is 0.326 e. The van der Waals surface area contributed by atoms with Crippen LogP contribution in [0.5, 0.6) is 0 Å². The Balaban J connectivity index is 1.46. The van der Waals surface area contributed by atoms with Crippen molar-refractivity contribution >= 4 is 34.6 Å². The lowest BCUT2D eigenvalue weighted by Gasteiger charge is -2.28. The van der Waals surface area contributed by atoms with Crippen molar-refractivity contribution in [2.75, 3.05) is 13.1 Å². The number of H-pyrrole nitrogens is 2. The van der Waals surface area contributed by atoms with Crippen molar-refractivity contribution in [1.82, 2.24) is 30.5 Å². The molecular formula is C28H38N8O5. The van der Waals surface area contributed by atoms with Gasteiger partial charge in [-0.1, -0.05) is 24.6 Å². The molecule has 1 aromatic carbocycles. The normalized spacial score (nSPS) is 17.2. The molecule has 9 N–H and O–H groups in total. The van der Waals surface area contributed by atoms with Crippen LogP contribution in [-0.4, -0.2) is 85.9 Å². The van der Waals surface area contributed by atoms with Crippen molar-refractivity contribution in [3.63, 3.8) is 0 Å². The number of aromatic amines is 2. The minimum Gasteiger partial charge on any atom is -0.480 e. The van der Waals surface area contributed by atoms with Crippen LogP contribution in [0.3, 0.4) is 0 Å². The molecule has 1 fully saturated rings. The van der Waals surface area contributed by atoms with Crippen LogP contribution in [0.15, 0.2) is 43.0 Å². The topological polar surface area (TPSA) is 212 Å². The fourth-order valence-corrected chi connectivity index (χ4v) is 5.23. The summed E-state index contributed by atoms with van der Waals surface area (Å²) in [5, 5.41) is 16.1. The van der Waals surface area contributed by atoms with E-state index >= 15 is 0 Å². The van der Waals surface area contributed by atoms with E-state index in [-0.39, 0.29) is 18.7 Å². The Morgan fingerprint density at radius 2 is 1.90 bits per heavy atom. The Kier molecular flexibility index (Phi) is 10.1. The number of hydrogen-bond donors (Lipinski definition) is 7. The van der Waals surface area contributed by atoms with Crippen LogP contribution >= 0.6 is 0 Å². The molecule has 4 atom stereocenters. The number of carbonyl (C=O) groups excluding carboxylic acids is 3. The molecule has 1 saturated heterocycles. The van der Waals surface area contributed by atoms with E-state index in [2.05, 4.69) is 25.6 Å². The molecule has 220 valence electrons. The first-order chi connectivity index (χ1) is 19.8. The number of aromatic nitrogens is 3. The molecule has 13 nitrogen and oxygen atoms in total. The molecule has 13 heteroatoms. The molecule has 1 aliphatic heterocycles. The van der Waals surface area contributed by atoms with Gasteiger partial charge in [-0.15, -0.1) is 0 Å². The fourth-order valence-electron chi connectivity index (χ4n) is 5.23. The van der Waals surface area contributed by atoms with Gasteiger partial charge < -0.3 is 42.1 Å². The summed E-state index contributed by atoms with van der Waals surface area (Å²) in [6.07, 6.45) is 7.80. The number of rotatable bonds is 14. The van der Waals surface area contributed by atoms with E-state index in [0.29, 0.717) is 44.5 Å². The minimum absolute atomic E-state index is 0.0444. The highest BCUT2D eigenvalue weighted by Gasteiger charge is 2.38. The number of nitrogens with two attached hydrogens (primary N) is 2. The number of aliphatic carboxylic acids is 1. The molecule has 0 aliphatic carbocycles. The summed E-state index contributed by atoms with van der Waals surface area (Å²) >= 11 is 0. The van der Waals surface area contributed by atoms with Gasteiger partial charge in [0.25, 0.3) is 0 Å². The van der Waals surface area contributed by atoms with Gasteiger partial charge in [-0.05, 0) is 43.9 Å². The third kappa shape index (κ3) is 7.50. The Morgan fingerprint density at radius 3 is 2.63 bits per heavy atom. The largest absolute Gasteiger partial charge is 0.480 e. The van der Waals surface area contributed by atoms with Gasteiger partial charge in [0.2, 0.25) is 17.7 Å². The van der Waals surface area contributed by atoms with E-state index in [0.717, 1.165) is 22.9 Å². The van der Waals surface area contributed by atoms with E-state index in [4.69, 9.17) is 11.5 Å². The molecule has 1 aliphatic rings. The molecule has 41 heavy (non-hydrogen) atoms. The van der Waals surface area contributed by atoms with Crippen LogP contribution in [0, 0.1) is 0 Å². The van der Waals surface area contributed by atoms with Gasteiger partial charge in [-0.3, -0.25) is 14.4 Å². The molecule has 3 heterocycles. The molecule has 0 bridgehead atoms. The number of unbranched alkanes of at least 4 members (excludes halogenated alkanes) is 1. The highest BCUT2D eigenvalue weighted by Crippen LogP contribution is 2.21. The standard InChI is InChI=1S/C28H38N8O5/c29-10-4-3-7-20(30)27(39)36-11-5-9-24(36)26(38)34-22(13-18-15-31-16-33-18)25(37)35-23(28(40)41)12-17-14-32-21-8-2-1-6-19(17)21/h1-2,6,8,14-16,20,22-24,32H,3-5,7,9-13,29-30H2,(H,31,33)(H,34,38)(H,35,37)(H,40,41). The van der Waals surface area contributed by atoms with E-state index in [9.17, 15) is 24.3 Å². The lowest BCUT2D eigenvalue weighted by atomic mass is 10.0. The van der Waals surface area contributed by atoms with Crippen LogP contribution in [0.4, 0.5) is 0 Å². The summed E-state index contributed by atoms with van der Waals surface area (Å²) in [6, 6.07) is 3.63. The van der Waals surface area contributed by atoms with Crippen LogP contribution < -0.4 is 22.1 Å². The van der Waals surface area contributed by atoms with Crippen LogP contribution in [0.1, 0.15) is 43.4 Å². The number of nitrogens with zero attached hydrogens (tertiary/aromatic N) is 2. The van der Waals surface area contributed by atoms with E-state index in [1.807, 2.05) is 24.3 Å². The van der Waals surface area contributed by atoms with Crippen molar-refractivity contribution in [2.45, 2.75) is 69.1 Å². The third-order valence-electron chi connectivity index (χ3n) is 7.45. The van der Waals surface area contributed by atoms with Gasteiger partial charge in [0.15, 0.2) is 0 Å². The van der Waals surface area contributed by atoms with E-state index in [1.165, 1.54) is 17.4 Å². The number of fused-ring (bicyclic) bond motifs is 1. The Bertz CT molecular complexity index is 1340. The quantitative estimate of drug-likeness (QED) is 0.133. The van der Waals surface area contributed by atoms with Gasteiger partial charge in [-0.2, -0.15) is 0 Å². The van der Waals surface area contributed by atoms with E-state index < -0.39 is 42.0 Å². The number of likely N-dealkylation sites (tertiary alicyclic amines) is 1. The number of hydrogen-bond acceptors (Lipinski definition) is 7. The first-order valence-corrected chi connectivity index (χ1v) is 13.9.